The van der Waals surface area contributed by atoms with E-state index in [1.165, 1.54) is 12.0 Å². The minimum atomic E-state index is -0.0193. The highest BCUT2D eigenvalue weighted by molar-refractivity contribution is 5.96. The van der Waals surface area contributed by atoms with Crippen molar-refractivity contribution < 1.29 is 4.79 Å². The number of nitrogens with one attached hydrogen (secondary N) is 2. The first kappa shape index (κ1) is 16.8. The van der Waals surface area contributed by atoms with Crippen LogP contribution in [-0.2, 0) is 17.6 Å². The van der Waals surface area contributed by atoms with Crippen LogP contribution in [0.2, 0.25) is 0 Å². The molecule has 1 aromatic carbocycles. The predicted octanol–water partition coefficient (Wildman–Crippen LogP) is 2.98. The molecule has 1 atom stereocenters. The third-order valence-electron chi connectivity index (χ3n) is 5.03. The van der Waals surface area contributed by atoms with Crippen LogP contribution in [0.1, 0.15) is 23.1 Å². The van der Waals surface area contributed by atoms with Gasteiger partial charge < -0.3 is 10.6 Å². The van der Waals surface area contributed by atoms with Gasteiger partial charge in [0.15, 0.2) is 0 Å². The second kappa shape index (κ2) is 7.30. The summed E-state index contributed by atoms with van der Waals surface area (Å²) in [6, 6.07) is 12.5. The molecule has 1 aliphatic rings. The zero-order valence-corrected chi connectivity index (χ0v) is 15.0. The number of amides is 1. The van der Waals surface area contributed by atoms with Crippen LogP contribution < -0.4 is 10.6 Å². The van der Waals surface area contributed by atoms with Crippen molar-refractivity contribution in [3.05, 3.63) is 65.5 Å². The first-order valence-electron chi connectivity index (χ1n) is 9.20. The average Bonchev–Trinajstić information content (AvgIpc) is 3.27. The largest absolute Gasteiger partial charge is 0.323 e. The first-order valence-corrected chi connectivity index (χ1v) is 9.20. The van der Waals surface area contributed by atoms with Gasteiger partial charge in [-0.15, -0.1) is 0 Å². The molecule has 134 valence electrons. The van der Waals surface area contributed by atoms with Crippen molar-refractivity contribution in [3.8, 4) is 0 Å². The van der Waals surface area contributed by atoms with Crippen LogP contribution in [0.3, 0.4) is 0 Å². The SMILES string of the molecule is Cc1ccn2ncc(NC(=O)Cc3ccc(CC4CCNC4)cc3)c2c1. The molecule has 1 fully saturated rings. The molecule has 26 heavy (non-hydrogen) atoms. The first-order chi connectivity index (χ1) is 12.7. The molecule has 2 aromatic heterocycles. The van der Waals surface area contributed by atoms with Crippen molar-refractivity contribution >= 4 is 17.1 Å². The molecule has 1 unspecified atom stereocenters. The summed E-state index contributed by atoms with van der Waals surface area (Å²) in [5.74, 6) is 0.720. The number of aryl methyl sites for hydroxylation is 1. The van der Waals surface area contributed by atoms with Crippen LogP contribution in [0.25, 0.3) is 5.52 Å². The quantitative estimate of drug-likeness (QED) is 0.745. The van der Waals surface area contributed by atoms with Crippen molar-refractivity contribution in [2.24, 2.45) is 5.92 Å². The maximum absolute atomic E-state index is 12.4. The maximum Gasteiger partial charge on any atom is 0.228 e. The van der Waals surface area contributed by atoms with Crippen LogP contribution in [-0.4, -0.2) is 28.6 Å². The number of carbonyl (C=O) groups is 1. The van der Waals surface area contributed by atoms with E-state index < -0.39 is 0 Å². The van der Waals surface area contributed by atoms with Crippen molar-refractivity contribution in [2.45, 2.75) is 26.2 Å². The summed E-state index contributed by atoms with van der Waals surface area (Å²) in [6.07, 6.45) is 6.34. The molecule has 0 aliphatic carbocycles. The zero-order chi connectivity index (χ0) is 17.9. The number of benzene rings is 1. The van der Waals surface area contributed by atoms with E-state index in [1.54, 1.807) is 10.7 Å². The Morgan fingerprint density at radius 3 is 2.85 bits per heavy atom. The van der Waals surface area contributed by atoms with Gasteiger partial charge in [-0.05, 0) is 67.6 Å². The Hall–Kier alpha value is -2.66. The number of pyridine rings is 1. The van der Waals surface area contributed by atoms with Crippen molar-refractivity contribution in [1.29, 1.82) is 0 Å². The lowest BCUT2D eigenvalue weighted by atomic mass is 9.97. The topological polar surface area (TPSA) is 58.4 Å². The lowest BCUT2D eigenvalue weighted by molar-refractivity contribution is -0.115. The number of nitrogens with zero attached hydrogens (tertiary/aromatic N) is 2. The van der Waals surface area contributed by atoms with Crippen LogP contribution in [0.5, 0.6) is 0 Å². The van der Waals surface area contributed by atoms with E-state index in [2.05, 4.69) is 40.0 Å². The summed E-state index contributed by atoms with van der Waals surface area (Å²) in [6.45, 7) is 4.27. The van der Waals surface area contributed by atoms with Crippen LogP contribution >= 0.6 is 0 Å². The highest BCUT2D eigenvalue weighted by atomic mass is 16.1. The van der Waals surface area contributed by atoms with Crippen molar-refractivity contribution in [1.82, 2.24) is 14.9 Å². The number of hydrogen-bond donors (Lipinski definition) is 2. The van der Waals surface area contributed by atoms with Gasteiger partial charge >= 0.3 is 0 Å². The molecule has 5 heteroatoms. The zero-order valence-electron chi connectivity index (χ0n) is 15.0. The van der Waals surface area contributed by atoms with E-state index in [4.69, 9.17) is 0 Å². The average molecular weight is 348 g/mol. The molecule has 5 nitrogen and oxygen atoms in total. The number of aromatic nitrogens is 2. The Labute approximate surface area is 153 Å². The summed E-state index contributed by atoms with van der Waals surface area (Å²) in [4.78, 5) is 12.4. The lowest BCUT2D eigenvalue weighted by Gasteiger charge is -2.09. The number of hydrogen-bond acceptors (Lipinski definition) is 3. The van der Waals surface area contributed by atoms with Gasteiger partial charge in [0.1, 0.15) is 0 Å². The fourth-order valence-corrected chi connectivity index (χ4v) is 3.58. The van der Waals surface area contributed by atoms with Crippen LogP contribution in [0.15, 0.2) is 48.8 Å². The molecule has 1 aliphatic heterocycles. The van der Waals surface area contributed by atoms with E-state index in [9.17, 15) is 4.79 Å². The Balaban J connectivity index is 1.38. The lowest BCUT2D eigenvalue weighted by Crippen LogP contribution is -2.14. The van der Waals surface area contributed by atoms with Gasteiger partial charge in [-0.3, -0.25) is 4.79 Å². The minimum Gasteiger partial charge on any atom is -0.323 e. The molecule has 0 spiro atoms. The van der Waals surface area contributed by atoms with E-state index in [1.807, 2.05) is 25.3 Å². The van der Waals surface area contributed by atoms with E-state index in [0.717, 1.165) is 47.8 Å². The molecule has 3 heterocycles. The molecular weight excluding hydrogens is 324 g/mol. The molecular formula is C21H24N4O. The van der Waals surface area contributed by atoms with E-state index in [-0.39, 0.29) is 5.91 Å². The Morgan fingerprint density at radius 1 is 1.27 bits per heavy atom. The minimum absolute atomic E-state index is 0.0193. The molecule has 1 amide bonds. The second-order valence-corrected chi connectivity index (χ2v) is 7.20. The van der Waals surface area contributed by atoms with E-state index in [0.29, 0.717) is 6.42 Å². The van der Waals surface area contributed by atoms with Gasteiger partial charge in [-0.1, -0.05) is 24.3 Å². The summed E-state index contributed by atoms with van der Waals surface area (Å²) in [5.41, 5.74) is 5.19. The summed E-state index contributed by atoms with van der Waals surface area (Å²) >= 11 is 0. The van der Waals surface area contributed by atoms with E-state index >= 15 is 0 Å². The third kappa shape index (κ3) is 3.78. The number of fused-ring (bicyclic) bond motifs is 1. The molecule has 2 N–H and O–H groups in total. The second-order valence-electron chi connectivity index (χ2n) is 7.20. The normalized spacial score (nSPS) is 16.9. The third-order valence-corrected chi connectivity index (χ3v) is 5.03. The number of rotatable bonds is 5. The Bertz CT molecular complexity index is 907. The smallest absolute Gasteiger partial charge is 0.228 e. The van der Waals surface area contributed by atoms with Gasteiger partial charge in [0.05, 0.1) is 23.8 Å². The van der Waals surface area contributed by atoms with Gasteiger partial charge in [0.2, 0.25) is 5.91 Å². The Kier molecular flexibility index (Phi) is 4.71. The van der Waals surface area contributed by atoms with Crippen LogP contribution in [0.4, 0.5) is 5.69 Å². The standard InChI is InChI=1S/C21H24N4O/c1-15-7-9-25-20(10-15)19(14-23-25)24-21(26)12-17-4-2-16(3-5-17)11-18-6-8-22-13-18/h2-5,7,9-10,14,18,22H,6,8,11-13H2,1H3,(H,24,26). The highest BCUT2D eigenvalue weighted by Crippen LogP contribution is 2.19. The molecule has 0 bridgehead atoms. The monoisotopic (exact) mass is 348 g/mol. The molecule has 3 aromatic rings. The number of carbonyl (C=O) groups excluding carboxylic acids is 1. The fraction of sp³-hybridized carbons (Fsp3) is 0.333. The molecule has 1 saturated heterocycles. The predicted molar refractivity (Wildman–Crippen MR) is 103 cm³/mol. The summed E-state index contributed by atoms with van der Waals surface area (Å²) in [7, 11) is 0. The number of anilines is 1. The summed E-state index contributed by atoms with van der Waals surface area (Å²) in [5, 5.41) is 10.7. The van der Waals surface area contributed by atoms with Crippen molar-refractivity contribution in [3.63, 3.8) is 0 Å². The molecule has 0 radical (unpaired) electrons. The van der Waals surface area contributed by atoms with Gasteiger partial charge in [0, 0.05) is 6.20 Å². The molecule has 0 saturated carbocycles. The highest BCUT2D eigenvalue weighted by Gasteiger charge is 2.15. The van der Waals surface area contributed by atoms with Gasteiger partial charge in [0.25, 0.3) is 0 Å². The van der Waals surface area contributed by atoms with Crippen LogP contribution in [0, 0.1) is 12.8 Å². The maximum atomic E-state index is 12.4. The molecule has 4 rings (SSSR count). The summed E-state index contributed by atoms with van der Waals surface area (Å²) < 4.78 is 1.77. The van der Waals surface area contributed by atoms with Gasteiger partial charge in [-0.25, -0.2) is 4.52 Å². The van der Waals surface area contributed by atoms with Crippen molar-refractivity contribution in [2.75, 3.05) is 18.4 Å². The van der Waals surface area contributed by atoms with Gasteiger partial charge in [-0.2, -0.15) is 5.10 Å². The Morgan fingerprint density at radius 2 is 2.08 bits per heavy atom. The fourth-order valence-electron chi connectivity index (χ4n) is 3.58.